The van der Waals surface area contributed by atoms with Gasteiger partial charge in [0.2, 0.25) is 0 Å². The minimum absolute atomic E-state index is 0.263. The van der Waals surface area contributed by atoms with Gasteiger partial charge in [-0.25, -0.2) is 4.98 Å². The van der Waals surface area contributed by atoms with Crippen molar-refractivity contribution in [2.75, 3.05) is 24.6 Å². The van der Waals surface area contributed by atoms with Crippen LogP contribution in [0, 0.1) is 19.8 Å². The maximum atomic E-state index is 9.19. The summed E-state index contributed by atoms with van der Waals surface area (Å²) in [5.41, 5.74) is 9.19. The molecule has 1 saturated heterocycles. The Hall–Kier alpha value is -1.13. The average molecular weight is 235 g/mol. The van der Waals surface area contributed by atoms with Crippen LogP contribution in [0.25, 0.3) is 0 Å². The van der Waals surface area contributed by atoms with Crippen molar-refractivity contribution in [1.29, 1.82) is 0 Å². The second-order valence-electron chi connectivity index (χ2n) is 4.87. The molecule has 94 valence electrons. The second-order valence-corrected chi connectivity index (χ2v) is 4.87. The highest BCUT2D eigenvalue weighted by atomic mass is 16.3. The molecule has 2 heterocycles. The molecule has 1 unspecified atom stereocenters. The molecule has 0 bridgehead atoms. The van der Waals surface area contributed by atoms with Crippen LogP contribution in [0.4, 0.5) is 5.82 Å². The number of aliphatic hydroxyl groups excluding tert-OH is 1. The van der Waals surface area contributed by atoms with Crippen LogP contribution in [-0.2, 0) is 6.54 Å². The van der Waals surface area contributed by atoms with Crippen LogP contribution in [0.2, 0.25) is 0 Å². The molecule has 4 heteroatoms. The molecule has 1 aromatic heterocycles. The monoisotopic (exact) mass is 235 g/mol. The van der Waals surface area contributed by atoms with Crippen LogP contribution in [0.1, 0.15) is 23.2 Å². The number of aromatic nitrogens is 1. The number of nitrogens with two attached hydrogens (primary N) is 1. The summed E-state index contributed by atoms with van der Waals surface area (Å²) in [7, 11) is 0. The van der Waals surface area contributed by atoms with Gasteiger partial charge in [-0.1, -0.05) is 0 Å². The van der Waals surface area contributed by atoms with Crippen molar-refractivity contribution in [2.24, 2.45) is 11.7 Å². The number of hydrogen-bond acceptors (Lipinski definition) is 4. The molecule has 0 saturated carbocycles. The molecule has 0 aromatic carbocycles. The van der Waals surface area contributed by atoms with Crippen LogP contribution < -0.4 is 10.6 Å². The molecule has 0 spiro atoms. The summed E-state index contributed by atoms with van der Waals surface area (Å²) in [6.45, 7) is 6.73. The summed E-state index contributed by atoms with van der Waals surface area (Å²) >= 11 is 0. The smallest absolute Gasteiger partial charge is 0.133 e. The molecule has 1 atom stereocenters. The number of aliphatic hydroxyl groups is 1. The molecule has 0 amide bonds. The number of hydrogen-bond donors (Lipinski definition) is 2. The van der Waals surface area contributed by atoms with E-state index in [9.17, 15) is 5.11 Å². The Kier molecular flexibility index (Phi) is 3.64. The predicted octanol–water partition coefficient (Wildman–Crippen LogP) is 0.976. The van der Waals surface area contributed by atoms with Crippen molar-refractivity contribution in [3.63, 3.8) is 0 Å². The van der Waals surface area contributed by atoms with E-state index in [4.69, 9.17) is 5.73 Å². The topological polar surface area (TPSA) is 62.4 Å². The van der Waals surface area contributed by atoms with Gasteiger partial charge >= 0.3 is 0 Å². The quantitative estimate of drug-likeness (QED) is 0.819. The Morgan fingerprint density at radius 1 is 1.53 bits per heavy atom. The van der Waals surface area contributed by atoms with Crippen LogP contribution in [-0.4, -0.2) is 29.8 Å². The summed E-state index contributed by atoms with van der Waals surface area (Å²) in [6.07, 6.45) is 1.04. The standard InChI is InChI=1S/C13H21N3O/c1-9-5-10(2)15-13(12(9)6-14)16-4-3-11(7-16)8-17/h5,11,17H,3-4,6-8,14H2,1-2H3. The van der Waals surface area contributed by atoms with E-state index in [1.165, 1.54) is 5.56 Å². The molecule has 0 radical (unpaired) electrons. The maximum Gasteiger partial charge on any atom is 0.133 e. The van der Waals surface area contributed by atoms with Crippen molar-refractivity contribution in [3.8, 4) is 0 Å². The van der Waals surface area contributed by atoms with Gasteiger partial charge in [0.05, 0.1) is 0 Å². The van der Waals surface area contributed by atoms with Crippen molar-refractivity contribution in [2.45, 2.75) is 26.8 Å². The largest absolute Gasteiger partial charge is 0.396 e. The molecule has 1 aromatic rings. The Morgan fingerprint density at radius 3 is 2.88 bits per heavy atom. The SMILES string of the molecule is Cc1cc(C)c(CN)c(N2CCC(CO)C2)n1. The van der Waals surface area contributed by atoms with Gasteiger partial charge < -0.3 is 15.7 Å². The summed E-state index contributed by atoms with van der Waals surface area (Å²) in [6, 6.07) is 2.07. The highest BCUT2D eigenvalue weighted by Gasteiger charge is 2.25. The fourth-order valence-electron chi connectivity index (χ4n) is 2.53. The van der Waals surface area contributed by atoms with E-state index in [0.717, 1.165) is 36.6 Å². The number of aryl methyl sites for hydroxylation is 2. The molecular weight excluding hydrogens is 214 g/mol. The molecule has 1 aliphatic rings. The Balaban J connectivity index is 2.31. The zero-order valence-corrected chi connectivity index (χ0v) is 10.6. The van der Waals surface area contributed by atoms with Crippen molar-refractivity contribution < 1.29 is 5.11 Å². The zero-order valence-electron chi connectivity index (χ0n) is 10.6. The van der Waals surface area contributed by atoms with Crippen LogP contribution in [0.3, 0.4) is 0 Å². The highest BCUT2D eigenvalue weighted by Crippen LogP contribution is 2.27. The molecule has 3 N–H and O–H groups in total. The molecule has 4 nitrogen and oxygen atoms in total. The first-order valence-corrected chi connectivity index (χ1v) is 6.18. The molecule has 0 aliphatic carbocycles. The molecule has 2 rings (SSSR count). The van der Waals surface area contributed by atoms with E-state index in [1.807, 2.05) is 6.92 Å². The van der Waals surface area contributed by atoms with E-state index >= 15 is 0 Å². The Bertz CT molecular complexity index is 406. The first-order chi connectivity index (χ1) is 8.15. The summed E-state index contributed by atoms with van der Waals surface area (Å²) < 4.78 is 0. The fourth-order valence-corrected chi connectivity index (χ4v) is 2.53. The van der Waals surface area contributed by atoms with E-state index < -0.39 is 0 Å². The maximum absolute atomic E-state index is 9.19. The highest BCUT2D eigenvalue weighted by molar-refractivity contribution is 5.52. The lowest BCUT2D eigenvalue weighted by Gasteiger charge is -2.22. The molecule has 1 fully saturated rings. The summed E-state index contributed by atoms with van der Waals surface area (Å²) in [5.74, 6) is 1.39. The van der Waals surface area contributed by atoms with Gasteiger partial charge in [-0.15, -0.1) is 0 Å². The van der Waals surface area contributed by atoms with Crippen molar-refractivity contribution in [3.05, 3.63) is 22.9 Å². The normalized spacial score (nSPS) is 20.0. The Labute approximate surface area is 102 Å². The summed E-state index contributed by atoms with van der Waals surface area (Å²) in [5, 5.41) is 9.19. The Morgan fingerprint density at radius 2 is 2.29 bits per heavy atom. The van der Waals surface area contributed by atoms with E-state index in [0.29, 0.717) is 12.5 Å². The minimum Gasteiger partial charge on any atom is -0.396 e. The number of pyridine rings is 1. The number of nitrogens with zero attached hydrogens (tertiary/aromatic N) is 2. The zero-order chi connectivity index (χ0) is 12.4. The van der Waals surface area contributed by atoms with Crippen molar-refractivity contribution >= 4 is 5.82 Å². The van der Waals surface area contributed by atoms with Gasteiger partial charge in [0.25, 0.3) is 0 Å². The average Bonchev–Trinajstić information content (AvgIpc) is 2.76. The van der Waals surface area contributed by atoms with Crippen LogP contribution in [0.15, 0.2) is 6.07 Å². The molecule has 1 aliphatic heterocycles. The minimum atomic E-state index is 0.263. The van der Waals surface area contributed by atoms with Gasteiger partial charge in [0, 0.05) is 43.4 Å². The fraction of sp³-hybridized carbons (Fsp3) is 0.615. The molecule has 17 heavy (non-hydrogen) atoms. The third kappa shape index (κ3) is 2.42. The molecular formula is C13H21N3O. The van der Waals surface area contributed by atoms with Gasteiger partial charge in [-0.2, -0.15) is 0 Å². The predicted molar refractivity (Wildman–Crippen MR) is 69.0 cm³/mol. The number of rotatable bonds is 3. The number of anilines is 1. The lowest BCUT2D eigenvalue weighted by Crippen LogP contribution is -2.24. The first kappa shape index (κ1) is 12.3. The first-order valence-electron chi connectivity index (χ1n) is 6.18. The second kappa shape index (κ2) is 5.02. The third-order valence-electron chi connectivity index (χ3n) is 3.50. The van der Waals surface area contributed by atoms with Gasteiger partial charge in [-0.3, -0.25) is 0 Å². The van der Waals surface area contributed by atoms with E-state index in [-0.39, 0.29) is 6.61 Å². The lowest BCUT2D eigenvalue weighted by molar-refractivity contribution is 0.238. The third-order valence-corrected chi connectivity index (χ3v) is 3.50. The van der Waals surface area contributed by atoms with Gasteiger partial charge in [0.15, 0.2) is 0 Å². The van der Waals surface area contributed by atoms with Gasteiger partial charge in [0.1, 0.15) is 5.82 Å². The van der Waals surface area contributed by atoms with Gasteiger partial charge in [-0.05, 0) is 31.9 Å². The lowest BCUT2D eigenvalue weighted by atomic mass is 10.1. The van der Waals surface area contributed by atoms with Crippen LogP contribution in [0.5, 0.6) is 0 Å². The van der Waals surface area contributed by atoms with Crippen LogP contribution >= 0.6 is 0 Å². The van der Waals surface area contributed by atoms with Crippen molar-refractivity contribution in [1.82, 2.24) is 4.98 Å². The van der Waals surface area contributed by atoms with E-state index in [1.54, 1.807) is 0 Å². The summed E-state index contributed by atoms with van der Waals surface area (Å²) in [4.78, 5) is 6.87. The van der Waals surface area contributed by atoms with E-state index in [2.05, 4.69) is 22.9 Å².